The highest BCUT2D eigenvalue weighted by atomic mass is 16.6. The lowest BCUT2D eigenvalue weighted by atomic mass is 10.2. The van der Waals surface area contributed by atoms with Gasteiger partial charge in [0.1, 0.15) is 6.61 Å². The Morgan fingerprint density at radius 3 is 2.78 bits per heavy atom. The van der Waals surface area contributed by atoms with Crippen molar-refractivity contribution in [3.8, 4) is 0 Å². The molecule has 1 heterocycles. The summed E-state index contributed by atoms with van der Waals surface area (Å²) in [5.41, 5.74) is 3.24. The van der Waals surface area contributed by atoms with Crippen LogP contribution in [0.5, 0.6) is 0 Å². The summed E-state index contributed by atoms with van der Waals surface area (Å²) < 4.78 is 4.98. The summed E-state index contributed by atoms with van der Waals surface area (Å²) in [6.07, 6.45) is 3.95. The van der Waals surface area contributed by atoms with Crippen molar-refractivity contribution in [3.05, 3.63) is 71.8 Å². The van der Waals surface area contributed by atoms with E-state index < -0.39 is 0 Å². The van der Waals surface area contributed by atoms with Gasteiger partial charge in [-0.1, -0.05) is 54.6 Å². The molecule has 23 heavy (non-hydrogen) atoms. The van der Waals surface area contributed by atoms with E-state index in [1.165, 1.54) is 5.56 Å². The Labute approximate surface area is 136 Å². The predicted octanol–water partition coefficient (Wildman–Crippen LogP) is 3.45. The van der Waals surface area contributed by atoms with E-state index in [2.05, 4.69) is 35.7 Å². The molecular weight excluding hydrogens is 288 g/mol. The van der Waals surface area contributed by atoms with Crippen LogP contribution >= 0.6 is 0 Å². The minimum Gasteiger partial charge on any atom is -0.447 e. The van der Waals surface area contributed by atoms with E-state index in [0.29, 0.717) is 13.2 Å². The molecule has 1 amide bonds. The minimum atomic E-state index is -0.263. The lowest BCUT2D eigenvalue weighted by Gasteiger charge is -2.13. The number of carbonyl (C=O) groups excluding carboxylic acids is 1. The third-order valence-corrected chi connectivity index (χ3v) is 3.68. The number of hydrogen-bond acceptors (Lipinski definition) is 3. The average Bonchev–Trinajstić information content (AvgIpc) is 3.02. The minimum absolute atomic E-state index is 0.263. The molecule has 0 aromatic heterocycles. The zero-order valence-electron chi connectivity index (χ0n) is 12.9. The van der Waals surface area contributed by atoms with Crippen LogP contribution in [0.3, 0.4) is 0 Å². The number of carbonyl (C=O) groups is 1. The highest BCUT2D eigenvalue weighted by Crippen LogP contribution is 2.19. The van der Waals surface area contributed by atoms with E-state index in [9.17, 15) is 4.79 Å². The van der Waals surface area contributed by atoms with Crippen molar-refractivity contribution in [3.63, 3.8) is 0 Å². The average molecular weight is 308 g/mol. The first-order chi connectivity index (χ1) is 11.3. The summed E-state index contributed by atoms with van der Waals surface area (Å²) in [4.78, 5) is 13.3. The van der Waals surface area contributed by atoms with Gasteiger partial charge in [-0.3, -0.25) is 4.90 Å². The summed E-state index contributed by atoms with van der Waals surface area (Å²) in [6, 6.07) is 18.2. The van der Waals surface area contributed by atoms with E-state index in [-0.39, 0.29) is 6.09 Å². The molecule has 0 bridgehead atoms. The standard InChI is InChI=1S/C19H20N2O2/c22-19-21(12-13-23-19)18-10-4-8-17(14-18)15-20-11-5-9-16-6-2-1-3-7-16/h1-10,14,20H,11-13,15H2/b9-5+. The van der Waals surface area contributed by atoms with E-state index in [1.54, 1.807) is 4.90 Å². The van der Waals surface area contributed by atoms with Crippen LogP contribution in [0.4, 0.5) is 10.5 Å². The van der Waals surface area contributed by atoms with Crippen molar-refractivity contribution in [1.29, 1.82) is 0 Å². The summed E-state index contributed by atoms with van der Waals surface area (Å²) in [5.74, 6) is 0. The zero-order chi connectivity index (χ0) is 15.9. The maximum atomic E-state index is 11.6. The molecule has 0 aliphatic carbocycles. The van der Waals surface area contributed by atoms with Gasteiger partial charge < -0.3 is 10.1 Å². The molecule has 0 unspecified atom stereocenters. The Kier molecular flexibility index (Phi) is 5.06. The first-order valence-electron chi connectivity index (χ1n) is 7.78. The normalized spacial score (nSPS) is 14.4. The smallest absolute Gasteiger partial charge is 0.414 e. The number of nitrogens with one attached hydrogen (secondary N) is 1. The van der Waals surface area contributed by atoms with Crippen LogP contribution in [-0.4, -0.2) is 25.8 Å². The van der Waals surface area contributed by atoms with Crippen molar-refractivity contribution < 1.29 is 9.53 Å². The number of cyclic esters (lactones) is 1. The van der Waals surface area contributed by atoms with Gasteiger partial charge in [-0.2, -0.15) is 0 Å². The Hall–Kier alpha value is -2.59. The molecule has 1 saturated heterocycles. The lowest BCUT2D eigenvalue weighted by molar-refractivity contribution is 0.181. The number of benzene rings is 2. The molecule has 0 atom stereocenters. The van der Waals surface area contributed by atoms with Crippen LogP contribution < -0.4 is 10.2 Å². The van der Waals surface area contributed by atoms with Gasteiger partial charge >= 0.3 is 6.09 Å². The highest BCUT2D eigenvalue weighted by molar-refractivity contribution is 5.89. The fourth-order valence-electron chi connectivity index (χ4n) is 2.52. The summed E-state index contributed by atoms with van der Waals surface area (Å²) in [5, 5.41) is 3.38. The monoisotopic (exact) mass is 308 g/mol. The number of amides is 1. The van der Waals surface area contributed by atoms with Crippen LogP contribution in [0, 0.1) is 0 Å². The van der Waals surface area contributed by atoms with Crippen LogP contribution in [-0.2, 0) is 11.3 Å². The Bertz CT molecular complexity index is 683. The van der Waals surface area contributed by atoms with Gasteiger partial charge in [-0.15, -0.1) is 0 Å². The molecule has 118 valence electrons. The topological polar surface area (TPSA) is 41.6 Å². The van der Waals surface area contributed by atoms with Crippen LogP contribution in [0.1, 0.15) is 11.1 Å². The molecule has 1 aliphatic heterocycles. The largest absolute Gasteiger partial charge is 0.447 e. The van der Waals surface area contributed by atoms with Crippen LogP contribution in [0.25, 0.3) is 6.08 Å². The van der Waals surface area contributed by atoms with E-state index in [0.717, 1.165) is 24.3 Å². The third kappa shape index (κ3) is 4.20. The van der Waals surface area contributed by atoms with Gasteiger partial charge in [-0.05, 0) is 23.3 Å². The zero-order valence-corrected chi connectivity index (χ0v) is 12.9. The highest BCUT2D eigenvalue weighted by Gasteiger charge is 2.23. The summed E-state index contributed by atoms with van der Waals surface area (Å²) in [6.45, 7) is 2.64. The van der Waals surface area contributed by atoms with Crippen molar-refractivity contribution in [1.82, 2.24) is 5.32 Å². The maximum Gasteiger partial charge on any atom is 0.414 e. The lowest BCUT2D eigenvalue weighted by Crippen LogP contribution is -2.23. The molecule has 2 aromatic rings. The van der Waals surface area contributed by atoms with Crippen LogP contribution in [0.2, 0.25) is 0 Å². The van der Waals surface area contributed by atoms with Gasteiger partial charge in [0, 0.05) is 18.8 Å². The van der Waals surface area contributed by atoms with Crippen molar-refractivity contribution in [2.24, 2.45) is 0 Å². The molecule has 1 N–H and O–H groups in total. The van der Waals surface area contributed by atoms with Crippen molar-refractivity contribution in [2.75, 3.05) is 24.6 Å². The number of rotatable bonds is 6. The van der Waals surface area contributed by atoms with Crippen molar-refractivity contribution in [2.45, 2.75) is 6.54 Å². The molecule has 3 rings (SSSR count). The van der Waals surface area contributed by atoms with E-state index in [1.807, 2.05) is 36.4 Å². The molecule has 4 nitrogen and oxygen atoms in total. The second-order valence-electron chi connectivity index (χ2n) is 5.38. The van der Waals surface area contributed by atoms with Crippen molar-refractivity contribution >= 4 is 17.9 Å². The summed E-state index contributed by atoms with van der Waals surface area (Å²) >= 11 is 0. The molecular formula is C19H20N2O2. The first-order valence-corrected chi connectivity index (χ1v) is 7.78. The van der Waals surface area contributed by atoms with Gasteiger partial charge in [0.15, 0.2) is 0 Å². The quantitative estimate of drug-likeness (QED) is 0.831. The predicted molar refractivity (Wildman–Crippen MR) is 92.3 cm³/mol. The van der Waals surface area contributed by atoms with Gasteiger partial charge in [-0.25, -0.2) is 4.79 Å². The maximum absolute atomic E-state index is 11.6. The number of nitrogens with zero attached hydrogens (tertiary/aromatic N) is 1. The fraction of sp³-hybridized carbons (Fsp3) is 0.211. The molecule has 0 spiro atoms. The molecule has 1 aliphatic rings. The summed E-state index contributed by atoms with van der Waals surface area (Å²) in [7, 11) is 0. The second-order valence-corrected chi connectivity index (χ2v) is 5.38. The van der Waals surface area contributed by atoms with E-state index in [4.69, 9.17) is 4.74 Å². The Morgan fingerprint density at radius 1 is 1.13 bits per heavy atom. The van der Waals surface area contributed by atoms with Gasteiger partial charge in [0.25, 0.3) is 0 Å². The van der Waals surface area contributed by atoms with Gasteiger partial charge in [0.05, 0.1) is 6.54 Å². The molecule has 0 saturated carbocycles. The number of ether oxygens (including phenoxy) is 1. The molecule has 2 aromatic carbocycles. The SMILES string of the molecule is O=C1OCCN1c1cccc(CNC/C=C/c2ccccc2)c1. The fourth-order valence-corrected chi connectivity index (χ4v) is 2.52. The van der Waals surface area contributed by atoms with Crippen LogP contribution in [0.15, 0.2) is 60.7 Å². The molecule has 1 fully saturated rings. The third-order valence-electron chi connectivity index (χ3n) is 3.68. The number of hydrogen-bond donors (Lipinski definition) is 1. The first kappa shape index (κ1) is 15.3. The van der Waals surface area contributed by atoms with E-state index >= 15 is 0 Å². The van der Waals surface area contributed by atoms with Gasteiger partial charge in [0.2, 0.25) is 0 Å². The number of anilines is 1. The Morgan fingerprint density at radius 2 is 2.00 bits per heavy atom. The Balaban J connectivity index is 1.51. The molecule has 4 heteroatoms. The second kappa shape index (κ2) is 7.61. The molecule has 0 radical (unpaired) electrons.